The normalized spacial score (nSPS) is 11.3. The van der Waals surface area contributed by atoms with Crippen molar-refractivity contribution in [2.75, 3.05) is 11.4 Å². The van der Waals surface area contributed by atoms with Crippen LogP contribution in [-0.2, 0) is 17.1 Å². The minimum Gasteiger partial charge on any atom is -0.334 e. The van der Waals surface area contributed by atoms with E-state index < -0.39 is 10.0 Å². The van der Waals surface area contributed by atoms with Crippen molar-refractivity contribution in [1.82, 2.24) is 9.55 Å². The second-order valence-electron chi connectivity index (χ2n) is 5.11. The molecule has 0 amide bonds. The summed E-state index contributed by atoms with van der Waals surface area (Å²) in [5, 5.41) is 9.13. The number of aromatic nitrogens is 2. The van der Waals surface area contributed by atoms with Crippen LogP contribution in [0.4, 0.5) is 5.69 Å². The highest BCUT2D eigenvalue weighted by Crippen LogP contribution is 2.26. The van der Waals surface area contributed by atoms with Crippen LogP contribution in [0.15, 0.2) is 53.7 Å². The van der Waals surface area contributed by atoms with E-state index in [9.17, 15) is 8.42 Å². The van der Waals surface area contributed by atoms with E-state index in [-0.39, 0.29) is 10.5 Å². The summed E-state index contributed by atoms with van der Waals surface area (Å²) in [6, 6.07) is 13.3. The maximum atomic E-state index is 12.8. The SMILES string of the molecule is CN(c1ccc2c(c1)ncn2C)S(=O)(=O)c1ccccc1C#N. The fourth-order valence-corrected chi connectivity index (χ4v) is 3.72. The highest BCUT2D eigenvalue weighted by molar-refractivity contribution is 7.92. The predicted octanol–water partition coefficient (Wildman–Crippen LogP) is 2.27. The molecule has 0 radical (unpaired) electrons. The third-order valence-corrected chi connectivity index (χ3v) is 5.56. The molecule has 0 saturated carbocycles. The van der Waals surface area contributed by atoms with Crippen LogP contribution in [-0.4, -0.2) is 25.0 Å². The summed E-state index contributed by atoms with van der Waals surface area (Å²) in [7, 11) is -0.481. The number of benzene rings is 2. The predicted molar refractivity (Wildman–Crippen MR) is 87.5 cm³/mol. The van der Waals surface area contributed by atoms with Crippen molar-refractivity contribution in [3.8, 4) is 6.07 Å². The second-order valence-corrected chi connectivity index (χ2v) is 7.05. The lowest BCUT2D eigenvalue weighted by Gasteiger charge is -2.20. The van der Waals surface area contributed by atoms with E-state index in [1.54, 1.807) is 30.6 Å². The van der Waals surface area contributed by atoms with Crippen LogP contribution in [0.25, 0.3) is 11.0 Å². The Morgan fingerprint density at radius 2 is 1.96 bits per heavy atom. The first-order valence-electron chi connectivity index (χ1n) is 6.84. The van der Waals surface area contributed by atoms with E-state index in [0.717, 1.165) is 9.82 Å². The Labute approximate surface area is 134 Å². The molecule has 7 heteroatoms. The molecule has 0 unspecified atom stereocenters. The zero-order chi connectivity index (χ0) is 16.6. The number of sulfonamides is 1. The molecular weight excluding hydrogens is 312 g/mol. The maximum absolute atomic E-state index is 12.8. The molecule has 2 aromatic carbocycles. The summed E-state index contributed by atoms with van der Waals surface area (Å²) in [4.78, 5) is 4.23. The van der Waals surface area contributed by atoms with Crippen LogP contribution < -0.4 is 4.31 Å². The largest absolute Gasteiger partial charge is 0.334 e. The molecule has 0 aliphatic carbocycles. The van der Waals surface area contributed by atoms with E-state index in [1.807, 2.05) is 23.8 Å². The zero-order valence-electron chi connectivity index (χ0n) is 12.6. The van der Waals surface area contributed by atoms with E-state index in [0.29, 0.717) is 11.2 Å². The molecule has 6 nitrogen and oxygen atoms in total. The van der Waals surface area contributed by atoms with E-state index >= 15 is 0 Å². The molecular formula is C16H14N4O2S. The van der Waals surface area contributed by atoms with Crippen molar-refractivity contribution >= 4 is 26.7 Å². The van der Waals surface area contributed by atoms with Crippen molar-refractivity contribution in [3.63, 3.8) is 0 Å². The smallest absolute Gasteiger partial charge is 0.265 e. The van der Waals surface area contributed by atoms with Gasteiger partial charge >= 0.3 is 0 Å². The molecule has 3 rings (SSSR count). The van der Waals surface area contributed by atoms with Crippen LogP contribution in [0.2, 0.25) is 0 Å². The molecule has 0 N–H and O–H groups in total. The molecule has 116 valence electrons. The number of anilines is 1. The highest BCUT2D eigenvalue weighted by Gasteiger charge is 2.24. The monoisotopic (exact) mass is 326 g/mol. The van der Waals surface area contributed by atoms with Crippen LogP contribution in [0.3, 0.4) is 0 Å². The lowest BCUT2D eigenvalue weighted by atomic mass is 10.2. The van der Waals surface area contributed by atoms with E-state index in [4.69, 9.17) is 5.26 Å². The Kier molecular flexibility index (Phi) is 3.54. The van der Waals surface area contributed by atoms with Crippen LogP contribution >= 0.6 is 0 Å². The molecule has 0 atom stereocenters. The number of hydrogen-bond acceptors (Lipinski definition) is 4. The average Bonchev–Trinajstić information content (AvgIpc) is 2.94. The number of nitrogens with zero attached hydrogens (tertiary/aromatic N) is 4. The molecule has 3 aromatic rings. The minimum atomic E-state index is -3.82. The van der Waals surface area contributed by atoms with Crippen molar-refractivity contribution in [3.05, 3.63) is 54.4 Å². The molecule has 0 fully saturated rings. The lowest BCUT2D eigenvalue weighted by Crippen LogP contribution is -2.27. The standard InChI is InChI=1S/C16H14N4O2S/c1-19-11-18-14-9-13(7-8-15(14)19)20(2)23(21,22)16-6-4-3-5-12(16)10-17/h3-9,11H,1-2H3. The lowest BCUT2D eigenvalue weighted by molar-refractivity contribution is 0.594. The minimum absolute atomic E-state index is 0.00822. The number of nitriles is 1. The average molecular weight is 326 g/mol. The van der Waals surface area contributed by atoms with Crippen molar-refractivity contribution in [2.45, 2.75) is 4.90 Å². The Balaban J connectivity index is 2.10. The molecule has 1 aromatic heterocycles. The van der Waals surface area contributed by atoms with Gasteiger partial charge in [0.15, 0.2) is 0 Å². The summed E-state index contributed by atoms with van der Waals surface area (Å²) in [5.41, 5.74) is 2.24. The van der Waals surface area contributed by atoms with Crippen LogP contribution in [0.5, 0.6) is 0 Å². The van der Waals surface area contributed by atoms with E-state index in [1.165, 1.54) is 19.2 Å². The summed E-state index contributed by atoms with van der Waals surface area (Å²) in [6.07, 6.45) is 1.67. The first-order valence-corrected chi connectivity index (χ1v) is 8.28. The van der Waals surface area contributed by atoms with Gasteiger partial charge in [-0.3, -0.25) is 4.31 Å². The van der Waals surface area contributed by atoms with Gasteiger partial charge in [-0.1, -0.05) is 12.1 Å². The van der Waals surface area contributed by atoms with Crippen LogP contribution in [0.1, 0.15) is 5.56 Å². The van der Waals surface area contributed by atoms with Crippen LogP contribution in [0, 0.1) is 11.3 Å². The number of rotatable bonds is 3. The van der Waals surface area contributed by atoms with Gasteiger partial charge in [-0.05, 0) is 30.3 Å². The van der Waals surface area contributed by atoms with Gasteiger partial charge in [0.2, 0.25) is 0 Å². The molecule has 0 saturated heterocycles. The van der Waals surface area contributed by atoms with Gasteiger partial charge in [0.25, 0.3) is 10.0 Å². The highest BCUT2D eigenvalue weighted by atomic mass is 32.2. The molecule has 0 aliphatic heterocycles. The van der Waals surface area contributed by atoms with Gasteiger partial charge < -0.3 is 4.57 Å². The van der Waals surface area contributed by atoms with Crippen molar-refractivity contribution < 1.29 is 8.42 Å². The number of aryl methyl sites for hydroxylation is 1. The Bertz CT molecular complexity index is 1030. The molecule has 0 bridgehead atoms. The summed E-state index contributed by atoms with van der Waals surface area (Å²) in [6.45, 7) is 0. The molecule has 1 heterocycles. The van der Waals surface area contributed by atoms with Crippen molar-refractivity contribution in [2.24, 2.45) is 7.05 Å². The summed E-state index contributed by atoms with van der Waals surface area (Å²) >= 11 is 0. The van der Waals surface area contributed by atoms with Gasteiger partial charge in [-0.25, -0.2) is 13.4 Å². The van der Waals surface area contributed by atoms with Gasteiger partial charge in [-0.2, -0.15) is 5.26 Å². The fraction of sp³-hybridized carbons (Fsp3) is 0.125. The number of hydrogen-bond donors (Lipinski definition) is 0. The molecule has 0 aliphatic rings. The van der Waals surface area contributed by atoms with Gasteiger partial charge in [-0.15, -0.1) is 0 Å². The summed E-state index contributed by atoms with van der Waals surface area (Å²) in [5.74, 6) is 0. The number of imidazole rings is 1. The third kappa shape index (κ3) is 2.43. The molecule has 0 spiro atoms. The fourth-order valence-electron chi connectivity index (χ4n) is 2.39. The number of fused-ring (bicyclic) bond motifs is 1. The Hall–Kier alpha value is -2.85. The second kappa shape index (κ2) is 5.41. The van der Waals surface area contributed by atoms with Gasteiger partial charge in [0.1, 0.15) is 11.0 Å². The first kappa shape index (κ1) is 15.1. The summed E-state index contributed by atoms with van der Waals surface area (Å²) < 4.78 is 28.6. The Morgan fingerprint density at radius 1 is 1.22 bits per heavy atom. The quantitative estimate of drug-likeness (QED) is 0.739. The van der Waals surface area contributed by atoms with Gasteiger partial charge in [0.05, 0.1) is 28.6 Å². The van der Waals surface area contributed by atoms with Gasteiger partial charge in [0, 0.05) is 14.1 Å². The molecule has 23 heavy (non-hydrogen) atoms. The topological polar surface area (TPSA) is 79.0 Å². The van der Waals surface area contributed by atoms with E-state index in [2.05, 4.69) is 4.98 Å². The van der Waals surface area contributed by atoms with Crippen molar-refractivity contribution in [1.29, 1.82) is 5.26 Å². The Morgan fingerprint density at radius 3 is 2.70 bits per heavy atom. The maximum Gasteiger partial charge on any atom is 0.265 e. The zero-order valence-corrected chi connectivity index (χ0v) is 13.4. The first-order chi connectivity index (χ1) is 10.9. The third-order valence-electron chi connectivity index (χ3n) is 3.72.